The first-order valence-corrected chi connectivity index (χ1v) is 8.86. The highest BCUT2D eigenvalue weighted by atomic mass is 16.6. The molecule has 1 aliphatic heterocycles. The number of carboxylic acid groups (broad SMARTS) is 1. The second kappa shape index (κ2) is 7.17. The molecule has 1 aromatic rings. The first-order chi connectivity index (χ1) is 11.9. The number of ether oxygens (including phenoxy) is 2. The summed E-state index contributed by atoms with van der Waals surface area (Å²) in [6, 6.07) is 6.83. The van der Waals surface area contributed by atoms with Crippen LogP contribution < -0.4 is 4.74 Å². The van der Waals surface area contributed by atoms with Crippen molar-refractivity contribution in [2.75, 3.05) is 6.54 Å². The lowest BCUT2D eigenvalue weighted by Crippen LogP contribution is -2.43. The molecular weight excluding hydrogens is 334 g/mol. The van der Waals surface area contributed by atoms with E-state index in [0.29, 0.717) is 5.75 Å². The average Bonchev–Trinajstić information content (AvgIpc) is 2.89. The van der Waals surface area contributed by atoms with Crippen LogP contribution in [-0.4, -0.2) is 46.4 Å². The van der Waals surface area contributed by atoms with Crippen molar-refractivity contribution in [2.45, 2.75) is 71.1 Å². The number of benzene rings is 1. The number of amides is 1. The fourth-order valence-electron chi connectivity index (χ4n) is 2.87. The number of hydrogen-bond acceptors (Lipinski definition) is 4. The molecule has 1 heterocycles. The highest BCUT2D eigenvalue weighted by molar-refractivity contribution is 5.81. The summed E-state index contributed by atoms with van der Waals surface area (Å²) in [6.07, 6.45) is -0.785. The number of aliphatic carboxylic acids is 1. The van der Waals surface area contributed by atoms with Crippen LogP contribution in [0.5, 0.6) is 5.75 Å². The lowest BCUT2D eigenvalue weighted by atomic mass is 9.87. The number of carbonyl (C=O) groups excluding carboxylic acids is 1. The minimum atomic E-state index is -1.05. The Morgan fingerprint density at radius 1 is 1.15 bits per heavy atom. The number of carbonyl (C=O) groups is 2. The third-order valence-corrected chi connectivity index (χ3v) is 4.18. The lowest BCUT2D eigenvalue weighted by molar-refractivity contribution is -0.142. The second-order valence-electron chi connectivity index (χ2n) is 8.74. The maximum absolute atomic E-state index is 12.3. The Kier molecular flexibility index (Phi) is 5.54. The number of hydrogen-bond donors (Lipinski definition) is 1. The quantitative estimate of drug-likeness (QED) is 0.883. The van der Waals surface area contributed by atoms with Crippen molar-refractivity contribution in [3.8, 4) is 5.75 Å². The molecule has 1 aliphatic rings. The number of carboxylic acids is 1. The number of nitrogens with zero attached hydrogens (tertiary/aromatic N) is 1. The van der Waals surface area contributed by atoms with Gasteiger partial charge in [-0.3, -0.25) is 4.90 Å². The summed E-state index contributed by atoms with van der Waals surface area (Å²) in [5.74, 6) is -0.372. The van der Waals surface area contributed by atoms with Gasteiger partial charge in [0, 0.05) is 6.42 Å². The van der Waals surface area contributed by atoms with Crippen LogP contribution in [0.4, 0.5) is 4.79 Å². The highest BCUT2D eigenvalue weighted by Crippen LogP contribution is 2.29. The SMILES string of the molecule is CC(C)(C)OC(=O)N1C[C@H](Oc2cccc(C(C)(C)C)c2)C[C@@H]1C(=O)O. The van der Waals surface area contributed by atoms with Gasteiger partial charge in [-0.2, -0.15) is 0 Å². The van der Waals surface area contributed by atoms with Crippen LogP contribution in [-0.2, 0) is 14.9 Å². The zero-order valence-electron chi connectivity index (χ0n) is 16.4. The van der Waals surface area contributed by atoms with Gasteiger partial charge >= 0.3 is 12.1 Å². The lowest BCUT2D eigenvalue weighted by Gasteiger charge is -2.26. The smallest absolute Gasteiger partial charge is 0.411 e. The molecule has 2 rings (SSSR count). The van der Waals surface area contributed by atoms with Crippen LogP contribution >= 0.6 is 0 Å². The third kappa shape index (κ3) is 5.13. The minimum Gasteiger partial charge on any atom is -0.488 e. The summed E-state index contributed by atoms with van der Waals surface area (Å²) < 4.78 is 11.3. The van der Waals surface area contributed by atoms with Gasteiger partial charge in [0.25, 0.3) is 0 Å². The van der Waals surface area contributed by atoms with Gasteiger partial charge in [0.2, 0.25) is 0 Å². The van der Waals surface area contributed by atoms with Crippen molar-refractivity contribution in [1.29, 1.82) is 0 Å². The van der Waals surface area contributed by atoms with Crippen LogP contribution in [0.25, 0.3) is 0 Å². The first-order valence-electron chi connectivity index (χ1n) is 8.86. The monoisotopic (exact) mass is 363 g/mol. The van der Waals surface area contributed by atoms with Gasteiger partial charge in [-0.1, -0.05) is 32.9 Å². The summed E-state index contributed by atoms with van der Waals surface area (Å²) in [7, 11) is 0. The van der Waals surface area contributed by atoms with Gasteiger partial charge in [0.15, 0.2) is 0 Å². The molecule has 6 nitrogen and oxygen atoms in total. The van der Waals surface area contributed by atoms with Gasteiger partial charge < -0.3 is 14.6 Å². The second-order valence-corrected chi connectivity index (χ2v) is 8.74. The van der Waals surface area contributed by atoms with Gasteiger partial charge in [0.05, 0.1) is 6.54 Å². The van der Waals surface area contributed by atoms with Crippen LogP contribution in [0.1, 0.15) is 53.5 Å². The minimum absolute atomic E-state index is 0.0127. The molecule has 0 aliphatic carbocycles. The summed E-state index contributed by atoms with van der Waals surface area (Å²) >= 11 is 0. The third-order valence-electron chi connectivity index (χ3n) is 4.18. The maximum atomic E-state index is 12.3. The van der Waals surface area contributed by atoms with Gasteiger partial charge in [-0.25, -0.2) is 9.59 Å². The van der Waals surface area contributed by atoms with E-state index in [1.807, 2.05) is 24.3 Å². The van der Waals surface area contributed by atoms with E-state index in [2.05, 4.69) is 20.8 Å². The standard InChI is InChI=1S/C20H29NO5/c1-19(2,3)13-8-7-9-14(10-13)25-15-11-16(17(22)23)21(12-15)18(24)26-20(4,5)6/h7-10,15-16H,11-12H2,1-6H3,(H,22,23)/t15-,16-/m1/s1. The van der Waals surface area contributed by atoms with Gasteiger partial charge in [0.1, 0.15) is 23.5 Å². The van der Waals surface area contributed by atoms with E-state index in [4.69, 9.17) is 9.47 Å². The molecule has 1 aromatic carbocycles. The fourth-order valence-corrected chi connectivity index (χ4v) is 2.87. The number of rotatable bonds is 3. The van der Waals surface area contributed by atoms with Crippen molar-refractivity contribution in [2.24, 2.45) is 0 Å². The Balaban J connectivity index is 2.12. The molecule has 0 unspecified atom stereocenters. The molecule has 1 amide bonds. The fraction of sp³-hybridized carbons (Fsp3) is 0.600. The Morgan fingerprint density at radius 2 is 1.81 bits per heavy atom. The number of likely N-dealkylation sites (tertiary alicyclic amines) is 1. The van der Waals surface area contributed by atoms with Crippen LogP contribution in [0.15, 0.2) is 24.3 Å². The van der Waals surface area contributed by atoms with Gasteiger partial charge in [-0.15, -0.1) is 0 Å². The van der Waals surface area contributed by atoms with Crippen molar-refractivity contribution >= 4 is 12.1 Å². The Hall–Kier alpha value is -2.24. The molecule has 1 fully saturated rings. The van der Waals surface area contributed by atoms with E-state index in [1.54, 1.807) is 20.8 Å². The molecule has 0 aromatic heterocycles. The predicted molar refractivity (Wildman–Crippen MR) is 98.5 cm³/mol. The molecule has 0 bridgehead atoms. The van der Waals surface area contributed by atoms with Crippen LogP contribution in [0.2, 0.25) is 0 Å². The average molecular weight is 363 g/mol. The predicted octanol–water partition coefficient (Wildman–Crippen LogP) is 3.83. The molecule has 2 atom stereocenters. The van der Waals surface area contributed by atoms with Crippen LogP contribution in [0.3, 0.4) is 0 Å². The Morgan fingerprint density at radius 3 is 2.35 bits per heavy atom. The van der Waals surface area contributed by atoms with E-state index >= 15 is 0 Å². The van der Waals surface area contributed by atoms with E-state index in [0.717, 1.165) is 5.56 Å². The molecule has 0 saturated carbocycles. The van der Waals surface area contributed by atoms with Crippen molar-refractivity contribution in [1.82, 2.24) is 4.90 Å². The largest absolute Gasteiger partial charge is 0.488 e. The van der Waals surface area contributed by atoms with E-state index in [-0.39, 0.29) is 24.5 Å². The molecule has 0 radical (unpaired) electrons. The highest BCUT2D eigenvalue weighted by Gasteiger charge is 2.42. The summed E-state index contributed by atoms with van der Waals surface area (Å²) in [5, 5.41) is 9.46. The van der Waals surface area contributed by atoms with Crippen LogP contribution in [0, 0.1) is 0 Å². The van der Waals surface area contributed by atoms with E-state index in [9.17, 15) is 14.7 Å². The zero-order chi connectivity index (χ0) is 19.7. The molecule has 144 valence electrons. The summed E-state index contributed by atoms with van der Waals surface area (Å²) in [6.45, 7) is 11.8. The van der Waals surface area contributed by atoms with E-state index in [1.165, 1.54) is 4.90 Å². The maximum Gasteiger partial charge on any atom is 0.411 e. The topological polar surface area (TPSA) is 76.1 Å². The summed E-state index contributed by atoms with van der Waals surface area (Å²) in [5.41, 5.74) is 0.438. The zero-order valence-corrected chi connectivity index (χ0v) is 16.4. The molecule has 6 heteroatoms. The van der Waals surface area contributed by atoms with E-state index < -0.39 is 23.7 Å². The molecule has 0 spiro atoms. The first kappa shape index (κ1) is 20.1. The Bertz CT molecular complexity index is 672. The molecule has 1 N–H and O–H groups in total. The molecule has 26 heavy (non-hydrogen) atoms. The molecular formula is C20H29NO5. The van der Waals surface area contributed by atoms with Crippen molar-refractivity contribution in [3.63, 3.8) is 0 Å². The Labute approximate surface area is 155 Å². The normalized spacial score (nSPS) is 20.8. The van der Waals surface area contributed by atoms with Gasteiger partial charge in [-0.05, 0) is 43.9 Å². The summed E-state index contributed by atoms with van der Waals surface area (Å²) in [4.78, 5) is 25.1. The van der Waals surface area contributed by atoms with Crippen molar-refractivity contribution < 1.29 is 24.2 Å². The van der Waals surface area contributed by atoms with Crippen molar-refractivity contribution in [3.05, 3.63) is 29.8 Å². The molecule has 1 saturated heterocycles.